The van der Waals surface area contributed by atoms with Crippen molar-refractivity contribution in [3.8, 4) is 10.8 Å². The van der Waals surface area contributed by atoms with Crippen molar-refractivity contribution in [1.82, 2.24) is 14.5 Å². The summed E-state index contributed by atoms with van der Waals surface area (Å²) in [7, 11) is -0.723. The summed E-state index contributed by atoms with van der Waals surface area (Å²) in [5, 5.41) is 0.641. The highest BCUT2D eigenvalue weighted by atomic mass is 32.1. The minimum atomic E-state index is -4.55. The summed E-state index contributed by atoms with van der Waals surface area (Å²) in [6, 6.07) is 8.66. The number of ether oxygens (including phenoxy) is 2. The molecule has 0 saturated carbocycles. The van der Waals surface area contributed by atoms with Crippen molar-refractivity contribution in [2.24, 2.45) is 0 Å². The summed E-state index contributed by atoms with van der Waals surface area (Å²) >= 11 is 1.09. The number of imidazole rings is 1. The van der Waals surface area contributed by atoms with Crippen molar-refractivity contribution in [3.05, 3.63) is 70.6 Å². The minimum absolute atomic E-state index is 0.0386. The molecule has 0 amide bonds. The van der Waals surface area contributed by atoms with E-state index in [1.165, 1.54) is 32.2 Å². The Bertz CT molecular complexity index is 1530. The van der Waals surface area contributed by atoms with E-state index >= 15 is 0 Å². The molecule has 3 heterocycles. The van der Waals surface area contributed by atoms with Crippen LogP contribution in [-0.2, 0) is 21.9 Å². The van der Waals surface area contributed by atoms with E-state index in [1.807, 2.05) is 6.07 Å². The predicted octanol–water partition coefficient (Wildman–Crippen LogP) is 7.95. The van der Waals surface area contributed by atoms with Crippen LogP contribution in [0.2, 0.25) is 18.1 Å². The Morgan fingerprint density at radius 3 is 2.48 bits per heavy atom. The maximum absolute atomic E-state index is 13.6. The smallest absolute Gasteiger partial charge is 0.416 e. The molecule has 0 spiro atoms. The zero-order chi connectivity index (χ0) is 29.5. The Labute approximate surface area is 236 Å². The molecule has 12 heteroatoms. The van der Waals surface area contributed by atoms with Crippen LogP contribution in [0.1, 0.15) is 60.3 Å². The van der Waals surface area contributed by atoms with Crippen molar-refractivity contribution in [2.75, 3.05) is 7.11 Å². The lowest BCUT2D eigenvalue weighted by Crippen LogP contribution is -2.40. The molecule has 1 atom stereocenters. The molecular weight excluding hydrogens is 559 g/mol. The van der Waals surface area contributed by atoms with Gasteiger partial charge in [-0.05, 0) is 37.2 Å². The Hall–Kier alpha value is -3.22. The first-order valence-corrected chi connectivity index (χ1v) is 16.4. The molecule has 0 fully saturated rings. The van der Waals surface area contributed by atoms with Crippen LogP contribution in [-0.4, -0.2) is 35.9 Å². The lowest BCUT2D eigenvalue weighted by molar-refractivity contribution is -0.139. The number of pyridine rings is 1. The first-order chi connectivity index (χ1) is 18.6. The maximum atomic E-state index is 13.6. The first-order valence-electron chi connectivity index (χ1n) is 12.6. The molecule has 0 saturated heterocycles. The fourth-order valence-electron chi connectivity index (χ4n) is 3.84. The number of nitrogens with zero attached hydrogens (tertiary/aromatic N) is 3. The van der Waals surface area contributed by atoms with E-state index in [9.17, 15) is 18.0 Å². The second-order valence-corrected chi connectivity index (χ2v) is 16.8. The Balaban J connectivity index is 1.64. The van der Waals surface area contributed by atoms with E-state index in [0.717, 1.165) is 23.1 Å². The highest BCUT2D eigenvalue weighted by Crippen LogP contribution is 2.40. The van der Waals surface area contributed by atoms with Gasteiger partial charge in [-0.15, -0.1) is 11.3 Å². The number of halogens is 3. The second-order valence-electron chi connectivity index (χ2n) is 10.9. The number of rotatable bonds is 8. The highest BCUT2D eigenvalue weighted by Gasteiger charge is 2.37. The molecule has 1 aromatic carbocycles. The van der Waals surface area contributed by atoms with Crippen LogP contribution in [0.5, 0.6) is 5.75 Å². The predicted molar refractivity (Wildman–Crippen MR) is 151 cm³/mol. The van der Waals surface area contributed by atoms with E-state index in [2.05, 4.69) is 43.8 Å². The first kappa shape index (κ1) is 29.8. The molecule has 0 N–H and O–H groups in total. The number of benzene rings is 1. The second kappa shape index (κ2) is 11.0. The molecule has 0 aliphatic carbocycles. The summed E-state index contributed by atoms with van der Waals surface area (Å²) in [6.45, 7) is 12.8. The van der Waals surface area contributed by atoms with Gasteiger partial charge in [0.2, 0.25) is 0 Å². The number of fused-ring (bicyclic) bond motifs is 1. The number of carbonyl (C=O) groups is 1. The number of alkyl halides is 3. The van der Waals surface area contributed by atoms with Gasteiger partial charge in [-0.25, -0.2) is 9.78 Å². The van der Waals surface area contributed by atoms with E-state index in [1.54, 1.807) is 23.2 Å². The van der Waals surface area contributed by atoms with Crippen LogP contribution in [0.25, 0.3) is 16.0 Å². The average molecular weight is 592 g/mol. The normalized spacial score (nSPS) is 13.4. The average Bonchev–Trinajstić information content (AvgIpc) is 3.49. The fourth-order valence-corrected chi connectivity index (χ4v) is 5.78. The molecule has 214 valence electrons. The van der Waals surface area contributed by atoms with Crippen LogP contribution in [0, 0.1) is 0 Å². The molecule has 7 nitrogen and oxygen atoms in total. The van der Waals surface area contributed by atoms with E-state index in [0.29, 0.717) is 22.6 Å². The Morgan fingerprint density at radius 1 is 1.12 bits per heavy atom. The molecule has 3 aromatic heterocycles. The van der Waals surface area contributed by atoms with Gasteiger partial charge in [0.15, 0.2) is 13.2 Å². The van der Waals surface area contributed by atoms with Crippen molar-refractivity contribution in [2.45, 2.75) is 64.7 Å². The Morgan fingerprint density at radius 2 is 1.82 bits per heavy atom. The molecule has 0 aliphatic rings. The van der Waals surface area contributed by atoms with Crippen molar-refractivity contribution < 1.29 is 31.9 Å². The van der Waals surface area contributed by atoms with Crippen LogP contribution in [0.3, 0.4) is 0 Å². The maximum Gasteiger partial charge on any atom is 0.416 e. The van der Waals surface area contributed by atoms with E-state index in [-0.39, 0.29) is 21.2 Å². The van der Waals surface area contributed by atoms with E-state index < -0.39 is 32.1 Å². The number of carbonyl (C=O) groups excluding carboxylic acids is 1. The third kappa shape index (κ3) is 6.08. The lowest BCUT2D eigenvalue weighted by Gasteiger charge is -2.36. The minimum Gasteiger partial charge on any atom is -0.484 e. The molecule has 4 rings (SSSR count). The van der Waals surface area contributed by atoms with Gasteiger partial charge in [0.1, 0.15) is 23.2 Å². The van der Waals surface area contributed by atoms with Gasteiger partial charge < -0.3 is 13.9 Å². The number of hydrogen-bond donors (Lipinski definition) is 0. The number of aromatic nitrogens is 3. The molecule has 0 bridgehead atoms. The third-order valence-electron chi connectivity index (χ3n) is 7.18. The Kier molecular flexibility index (Phi) is 8.17. The number of esters is 1. The van der Waals surface area contributed by atoms with Crippen molar-refractivity contribution in [3.63, 3.8) is 0 Å². The third-order valence-corrected chi connectivity index (χ3v) is 12.8. The standard InChI is InChI=1S/C28H32F3N3O4SSi/c1-17(19-10-8-9-11-20(19)28(29,30)31)38-23-13-24(39-25(23)26(35)36-5)34-16-33-21-12-18(32-14-22(21)34)15-37-40(6,7)27(2,3)4/h8-14,16-17H,15H2,1-7H3. The molecule has 1 unspecified atom stereocenters. The summed E-state index contributed by atoms with van der Waals surface area (Å²) in [6.07, 6.45) is -2.25. The largest absolute Gasteiger partial charge is 0.484 e. The van der Waals surface area contributed by atoms with Crippen LogP contribution in [0.4, 0.5) is 13.2 Å². The summed E-state index contributed by atoms with van der Waals surface area (Å²) < 4.78 is 59.6. The van der Waals surface area contributed by atoms with Gasteiger partial charge in [0.05, 0.1) is 42.2 Å². The molecule has 0 radical (unpaired) electrons. The SMILES string of the molecule is COC(=O)c1sc(-n2cnc3cc(CO[Si](C)(C)C(C)(C)C)ncc32)cc1OC(C)c1ccccc1C(F)(F)F. The molecule has 4 aromatic rings. The van der Waals surface area contributed by atoms with Gasteiger partial charge in [-0.2, -0.15) is 13.2 Å². The van der Waals surface area contributed by atoms with Crippen LogP contribution < -0.4 is 4.74 Å². The molecule has 0 aliphatic heterocycles. The summed E-state index contributed by atoms with van der Waals surface area (Å²) in [5.74, 6) is -0.541. The van der Waals surface area contributed by atoms with Gasteiger partial charge in [-0.1, -0.05) is 39.0 Å². The summed E-state index contributed by atoms with van der Waals surface area (Å²) in [4.78, 5) is 21.8. The van der Waals surface area contributed by atoms with E-state index in [4.69, 9.17) is 13.9 Å². The quantitative estimate of drug-likeness (QED) is 0.153. The van der Waals surface area contributed by atoms with Crippen LogP contribution in [0.15, 0.2) is 48.9 Å². The number of hydrogen-bond acceptors (Lipinski definition) is 7. The van der Waals surface area contributed by atoms with Gasteiger partial charge in [-0.3, -0.25) is 9.55 Å². The molecule has 40 heavy (non-hydrogen) atoms. The monoisotopic (exact) mass is 591 g/mol. The van der Waals surface area contributed by atoms with Crippen molar-refractivity contribution >= 4 is 36.7 Å². The highest BCUT2D eigenvalue weighted by molar-refractivity contribution is 7.16. The number of thiophene rings is 1. The van der Waals surface area contributed by atoms with Gasteiger partial charge >= 0.3 is 12.1 Å². The van der Waals surface area contributed by atoms with Gasteiger partial charge in [0, 0.05) is 11.6 Å². The molecular formula is C28H32F3N3O4SSi. The topological polar surface area (TPSA) is 75.5 Å². The lowest BCUT2D eigenvalue weighted by atomic mass is 10.0. The zero-order valence-electron chi connectivity index (χ0n) is 23.4. The fraction of sp³-hybridized carbons (Fsp3) is 0.393. The summed E-state index contributed by atoms with van der Waals surface area (Å²) in [5.41, 5.74) is 1.30. The van der Waals surface area contributed by atoms with Crippen LogP contribution >= 0.6 is 11.3 Å². The number of methoxy groups -OCH3 is 1. The zero-order valence-corrected chi connectivity index (χ0v) is 25.2. The van der Waals surface area contributed by atoms with Gasteiger partial charge in [0.25, 0.3) is 0 Å². The van der Waals surface area contributed by atoms with Crippen molar-refractivity contribution in [1.29, 1.82) is 0 Å².